The first-order valence-corrected chi connectivity index (χ1v) is 14.6. The number of hydrogen-bond donors (Lipinski definition) is 0. The van der Waals surface area contributed by atoms with Crippen molar-refractivity contribution >= 4 is 0 Å². The summed E-state index contributed by atoms with van der Waals surface area (Å²) in [6.45, 7) is 13.6. The first-order chi connectivity index (χ1) is 16.5. The molecular weight excluding hydrogens is 432 g/mol. The monoisotopic (exact) mass is 497 g/mol. The molecule has 0 radical (unpaired) electrons. The largest absolute Gasteiger partial charge is 0.0776 e. The maximum atomic E-state index is 2.36. The third-order valence-electron chi connectivity index (χ3n) is 7.61. The molecule has 2 aromatic carbocycles. The van der Waals surface area contributed by atoms with Gasteiger partial charge < -0.3 is 0 Å². The van der Waals surface area contributed by atoms with Crippen molar-refractivity contribution in [3.05, 3.63) is 71.8 Å². The minimum absolute atomic E-state index is 0. The van der Waals surface area contributed by atoms with E-state index in [1.165, 1.54) is 81.8 Å². The highest BCUT2D eigenvalue weighted by Crippen LogP contribution is 2.29. The minimum atomic E-state index is 0. The first kappa shape index (κ1) is 36.6. The van der Waals surface area contributed by atoms with Crippen molar-refractivity contribution < 1.29 is 0 Å². The Labute approximate surface area is 228 Å². The van der Waals surface area contributed by atoms with Gasteiger partial charge in [0.2, 0.25) is 0 Å². The van der Waals surface area contributed by atoms with Crippen molar-refractivity contribution in [2.24, 2.45) is 17.8 Å². The Bertz CT molecular complexity index is 658. The summed E-state index contributed by atoms with van der Waals surface area (Å²) in [4.78, 5) is 0. The molecular formula is C36H64. The molecule has 2 aliphatic rings. The summed E-state index contributed by atoms with van der Waals surface area (Å²) >= 11 is 0. The van der Waals surface area contributed by atoms with Gasteiger partial charge in [-0.05, 0) is 41.2 Å². The van der Waals surface area contributed by atoms with Crippen LogP contribution in [0.3, 0.4) is 0 Å². The molecule has 2 saturated carbocycles. The van der Waals surface area contributed by atoms with Crippen LogP contribution >= 0.6 is 0 Å². The van der Waals surface area contributed by atoms with E-state index in [2.05, 4.69) is 90.1 Å². The fourth-order valence-corrected chi connectivity index (χ4v) is 4.95. The average molecular weight is 497 g/mol. The third-order valence-corrected chi connectivity index (χ3v) is 7.61. The lowest BCUT2D eigenvalue weighted by Crippen LogP contribution is -2.12. The molecule has 0 heterocycles. The number of hydrogen-bond acceptors (Lipinski definition) is 0. The van der Waals surface area contributed by atoms with E-state index in [-0.39, 0.29) is 14.9 Å². The van der Waals surface area contributed by atoms with Gasteiger partial charge >= 0.3 is 0 Å². The minimum Gasteiger partial charge on any atom is -0.0776 e. The van der Waals surface area contributed by atoms with Gasteiger partial charge in [0.1, 0.15) is 0 Å². The second-order valence-corrected chi connectivity index (χ2v) is 11.0. The van der Waals surface area contributed by atoms with Crippen LogP contribution in [0, 0.1) is 17.8 Å². The quantitative estimate of drug-likeness (QED) is 0.395. The van der Waals surface area contributed by atoms with Crippen LogP contribution in [-0.4, -0.2) is 0 Å². The number of aryl methyl sites for hydroxylation is 1. The predicted molar refractivity (Wildman–Crippen MR) is 168 cm³/mol. The maximum Gasteiger partial charge on any atom is -0.0219 e. The van der Waals surface area contributed by atoms with Gasteiger partial charge in [-0.15, -0.1) is 0 Å². The first-order valence-electron chi connectivity index (χ1n) is 14.6. The Kier molecular flexibility index (Phi) is 24.2. The summed E-state index contributed by atoms with van der Waals surface area (Å²) < 4.78 is 0. The highest BCUT2D eigenvalue weighted by molar-refractivity contribution is 5.17. The van der Waals surface area contributed by atoms with E-state index in [0.29, 0.717) is 5.92 Å². The molecule has 4 rings (SSSR count). The topological polar surface area (TPSA) is 0 Å². The Morgan fingerprint density at radius 1 is 0.611 bits per heavy atom. The van der Waals surface area contributed by atoms with Crippen LogP contribution in [0.5, 0.6) is 0 Å². The average Bonchev–Trinajstić information content (AvgIpc) is 2.91. The molecule has 2 fully saturated rings. The molecule has 0 unspecified atom stereocenters. The van der Waals surface area contributed by atoms with E-state index in [4.69, 9.17) is 0 Å². The molecule has 0 saturated heterocycles. The second kappa shape index (κ2) is 23.8. The summed E-state index contributed by atoms with van der Waals surface area (Å²) in [5.41, 5.74) is 2.82. The van der Waals surface area contributed by atoms with Crippen LogP contribution < -0.4 is 0 Å². The van der Waals surface area contributed by atoms with Gasteiger partial charge in [0, 0.05) is 0 Å². The van der Waals surface area contributed by atoms with E-state index in [9.17, 15) is 0 Å². The lowest BCUT2D eigenvalue weighted by atomic mass is 9.82. The highest BCUT2D eigenvalue weighted by Gasteiger charge is 2.15. The zero-order valence-electron chi connectivity index (χ0n) is 23.6. The van der Waals surface area contributed by atoms with E-state index in [1.54, 1.807) is 0 Å². The summed E-state index contributed by atoms with van der Waals surface area (Å²) in [6.07, 6.45) is 17.5. The molecule has 36 heavy (non-hydrogen) atoms. The zero-order valence-corrected chi connectivity index (χ0v) is 23.6. The standard InChI is InChI=1S/C9H18.C9H12.C8H16.C8H10.2CH4/c2*1-8(2)9-6-4-3-5-7-9;2*1-2-8-6-4-3-5-7-8;;/h8-9H,3-7H2,1-2H3;3-8H,1-2H3;8H,2-7H2,1H3;3-7H,2H2,1H3;2*1H4. The number of rotatable bonds is 4. The summed E-state index contributed by atoms with van der Waals surface area (Å²) in [5.74, 6) is 3.74. The van der Waals surface area contributed by atoms with Crippen LogP contribution in [0.2, 0.25) is 0 Å². The molecule has 0 aliphatic heterocycles. The lowest BCUT2D eigenvalue weighted by Gasteiger charge is -2.24. The molecule has 0 amide bonds. The van der Waals surface area contributed by atoms with Crippen molar-refractivity contribution in [3.8, 4) is 0 Å². The van der Waals surface area contributed by atoms with Gasteiger partial charge in [-0.3, -0.25) is 0 Å². The Morgan fingerprint density at radius 3 is 1.33 bits per heavy atom. The van der Waals surface area contributed by atoms with Gasteiger partial charge in [0.05, 0.1) is 0 Å². The molecule has 0 atom stereocenters. The van der Waals surface area contributed by atoms with Crippen molar-refractivity contribution in [1.82, 2.24) is 0 Å². The summed E-state index contributed by atoms with van der Waals surface area (Å²) in [5, 5.41) is 0. The van der Waals surface area contributed by atoms with E-state index in [0.717, 1.165) is 24.2 Å². The molecule has 2 aromatic rings. The molecule has 2 aliphatic carbocycles. The van der Waals surface area contributed by atoms with Gasteiger partial charge in [-0.1, -0.05) is 188 Å². The van der Waals surface area contributed by atoms with E-state index < -0.39 is 0 Å². The molecule has 0 bridgehead atoms. The maximum absolute atomic E-state index is 2.36. The Hall–Kier alpha value is -1.56. The SMILES string of the molecule is C.C.CC(C)C1CCCCC1.CC(C)c1ccccc1.CCC1CCCCC1.CCc1ccccc1. The normalized spacial score (nSPS) is 15.6. The molecule has 0 aromatic heterocycles. The molecule has 0 heteroatoms. The molecule has 0 N–H and O–H groups in total. The Balaban J connectivity index is 0. The van der Waals surface area contributed by atoms with Gasteiger partial charge in [0.15, 0.2) is 0 Å². The predicted octanol–water partition coefficient (Wildman–Crippen LogP) is 12.5. The van der Waals surface area contributed by atoms with Crippen molar-refractivity contribution in [2.75, 3.05) is 0 Å². The van der Waals surface area contributed by atoms with Crippen LogP contribution in [0.1, 0.15) is 144 Å². The highest BCUT2D eigenvalue weighted by atomic mass is 14.2. The van der Waals surface area contributed by atoms with Crippen LogP contribution in [0.25, 0.3) is 0 Å². The number of benzene rings is 2. The second-order valence-electron chi connectivity index (χ2n) is 11.0. The van der Waals surface area contributed by atoms with Gasteiger partial charge in [-0.2, -0.15) is 0 Å². The third kappa shape index (κ3) is 17.8. The van der Waals surface area contributed by atoms with Gasteiger partial charge in [-0.25, -0.2) is 0 Å². The lowest BCUT2D eigenvalue weighted by molar-refractivity contribution is 0.279. The molecule has 0 spiro atoms. The van der Waals surface area contributed by atoms with Crippen LogP contribution in [-0.2, 0) is 6.42 Å². The fraction of sp³-hybridized carbons (Fsp3) is 0.667. The van der Waals surface area contributed by atoms with Crippen LogP contribution in [0.4, 0.5) is 0 Å². The smallest absolute Gasteiger partial charge is 0.0219 e. The Morgan fingerprint density at radius 2 is 1.06 bits per heavy atom. The van der Waals surface area contributed by atoms with Crippen LogP contribution in [0.15, 0.2) is 60.7 Å². The molecule has 208 valence electrons. The zero-order chi connectivity index (χ0) is 25.0. The summed E-state index contributed by atoms with van der Waals surface area (Å²) in [6, 6.07) is 21.0. The van der Waals surface area contributed by atoms with Crippen molar-refractivity contribution in [2.45, 2.75) is 139 Å². The van der Waals surface area contributed by atoms with Gasteiger partial charge in [0.25, 0.3) is 0 Å². The molecule has 0 nitrogen and oxygen atoms in total. The van der Waals surface area contributed by atoms with E-state index >= 15 is 0 Å². The van der Waals surface area contributed by atoms with Crippen molar-refractivity contribution in [1.29, 1.82) is 0 Å². The van der Waals surface area contributed by atoms with Crippen molar-refractivity contribution in [3.63, 3.8) is 0 Å². The van der Waals surface area contributed by atoms with E-state index in [1.807, 2.05) is 12.1 Å². The fourth-order valence-electron chi connectivity index (χ4n) is 4.95. The summed E-state index contributed by atoms with van der Waals surface area (Å²) in [7, 11) is 0.